The van der Waals surface area contributed by atoms with E-state index in [2.05, 4.69) is 4.99 Å². The normalized spacial score (nSPS) is 8.50. The van der Waals surface area contributed by atoms with Gasteiger partial charge in [-0.25, -0.2) is 9.79 Å². The van der Waals surface area contributed by atoms with Gasteiger partial charge in [-0.1, -0.05) is 24.3 Å². The van der Waals surface area contributed by atoms with Crippen LogP contribution >= 0.6 is 0 Å². The monoisotopic (exact) mass is 290 g/mol. The van der Waals surface area contributed by atoms with Gasteiger partial charge in [0, 0.05) is 6.54 Å². The van der Waals surface area contributed by atoms with E-state index >= 15 is 0 Å². The van der Waals surface area contributed by atoms with Gasteiger partial charge in [-0.3, -0.25) is 0 Å². The van der Waals surface area contributed by atoms with Crippen molar-refractivity contribution in [2.75, 3.05) is 0 Å². The largest absolute Gasteiger partial charge is 0.326 e. The number of benzene rings is 2. The molecule has 2 N–H and O–H groups in total. The predicted octanol–water partition coefficient (Wildman–Crippen LogP) is 2.41. The van der Waals surface area contributed by atoms with Gasteiger partial charge in [0.25, 0.3) is 0 Å². The fourth-order valence-corrected chi connectivity index (χ4v) is 1.52. The van der Waals surface area contributed by atoms with E-state index in [4.69, 9.17) is 16.3 Å². The van der Waals surface area contributed by atoms with Gasteiger partial charge >= 0.3 is 0 Å². The molecule has 0 fully saturated rings. The molecule has 0 amide bonds. The zero-order valence-corrected chi connectivity index (χ0v) is 11.9. The Bertz CT molecular complexity index is 715. The van der Waals surface area contributed by atoms with Crippen LogP contribution in [0.2, 0.25) is 0 Å². The van der Waals surface area contributed by atoms with E-state index in [1.165, 1.54) is 6.08 Å². The molecule has 0 aliphatic carbocycles. The van der Waals surface area contributed by atoms with Crippen LogP contribution in [-0.4, -0.2) is 6.08 Å². The smallest absolute Gasteiger partial charge is 0.235 e. The first kappa shape index (κ1) is 16.8. The molecule has 0 radical (unpaired) electrons. The van der Waals surface area contributed by atoms with Crippen LogP contribution in [-0.2, 0) is 17.9 Å². The van der Waals surface area contributed by atoms with E-state index in [9.17, 15) is 4.79 Å². The fraction of sp³-hybridized carbons (Fsp3) is 0.118. The molecule has 0 aliphatic rings. The predicted molar refractivity (Wildman–Crippen MR) is 82.0 cm³/mol. The lowest BCUT2D eigenvalue weighted by Crippen LogP contribution is -1.94. The van der Waals surface area contributed by atoms with Gasteiger partial charge < -0.3 is 5.73 Å². The summed E-state index contributed by atoms with van der Waals surface area (Å²) in [7, 11) is 0. The Morgan fingerprint density at radius 2 is 1.32 bits per heavy atom. The summed E-state index contributed by atoms with van der Waals surface area (Å²) in [5.41, 5.74) is 8.60. The lowest BCUT2D eigenvalue weighted by atomic mass is 10.1. The standard InChI is InChI=1S/C9H6N2O.C8H8N2/c10-5-8-1-3-9(4-2-8)6-11-7-12;9-5-7-1-2-8(6-10)4-3-7/h1-4H,6H2;1-4H,5,9H2. The molecule has 5 nitrogen and oxygen atoms in total. The zero-order chi connectivity index (χ0) is 16.2. The molecule has 108 valence electrons. The molecule has 0 bridgehead atoms. The minimum atomic E-state index is 0.329. The van der Waals surface area contributed by atoms with Crippen LogP contribution in [0, 0.1) is 22.7 Å². The Morgan fingerprint density at radius 1 is 0.864 bits per heavy atom. The number of aliphatic imine (C=N–C) groups is 1. The highest BCUT2D eigenvalue weighted by Gasteiger charge is 1.91. The lowest BCUT2D eigenvalue weighted by molar-refractivity contribution is 0.563. The molecule has 0 unspecified atom stereocenters. The molecule has 0 atom stereocenters. The van der Waals surface area contributed by atoms with E-state index in [0.717, 1.165) is 11.1 Å². The summed E-state index contributed by atoms with van der Waals surface area (Å²) in [6, 6.07) is 18.2. The van der Waals surface area contributed by atoms with Crippen LogP contribution < -0.4 is 5.73 Å². The first-order valence-corrected chi connectivity index (χ1v) is 6.45. The molecule has 5 heteroatoms. The molecule has 0 aromatic heterocycles. The molecule has 0 aliphatic heterocycles. The first-order chi connectivity index (χ1) is 10.7. The van der Waals surface area contributed by atoms with Crippen LogP contribution in [0.3, 0.4) is 0 Å². The molecule has 0 saturated carbocycles. The Morgan fingerprint density at radius 3 is 1.68 bits per heavy atom. The number of hydrogen-bond donors (Lipinski definition) is 1. The van der Waals surface area contributed by atoms with Crippen molar-refractivity contribution < 1.29 is 4.79 Å². The number of nitrogens with zero attached hydrogens (tertiary/aromatic N) is 3. The van der Waals surface area contributed by atoms with Crippen molar-refractivity contribution in [3.8, 4) is 12.1 Å². The molecule has 2 aromatic carbocycles. The van der Waals surface area contributed by atoms with Crippen LogP contribution in [0.1, 0.15) is 22.3 Å². The van der Waals surface area contributed by atoms with Crippen molar-refractivity contribution in [2.45, 2.75) is 13.1 Å². The zero-order valence-electron chi connectivity index (χ0n) is 11.9. The van der Waals surface area contributed by atoms with Gasteiger partial charge in [0.1, 0.15) is 0 Å². The van der Waals surface area contributed by atoms with Crippen molar-refractivity contribution in [3.05, 3.63) is 70.8 Å². The number of isocyanates is 1. The fourth-order valence-electron chi connectivity index (χ4n) is 1.52. The van der Waals surface area contributed by atoms with E-state index in [0.29, 0.717) is 24.2 Å². The average molecular weight is 290 g/mol. The van der Waals surface area contributed by atoms with Crippen molar-refractivity contribution in [2.24, 2.45) is 10.7 Å². The first-order valence-electron chi connectivity index (χ1n) is 6.45. The van der Waals surface area contributed by atoms with Crippen LogP contribution in [0.4, 0.5) is 0 Å². The average Bonchev–Trinajstić information content (AvgIpc) is 2.61. The van der Waals surface area contributed by atoms with Gasteiger partial charge in [0.15, 0.2) is 0 Å². The third-order valence-corrected chi connectivity index (χ3v) is 2.73. The van der Waals surface area contributed by atoms with Crippen molar-refractivity contribution in [3.63, 3.8) is 0 Å². The summed E-state index contributed by atoms with van der Waals surface area (Å²) < 4.78 is 0. The molecule has 0 saturated heterocycles. The van der Waals surface area contributed by atoms with Crippen molar-refractivity contribution in [1.82, 2.24) is 0 Å². The lowest BCUT2D eigenvalue weighted by Gasteiger charge is -1.93. The van der Waals surface area contributed by atoms with Gasteiger partial charge in [-0.05, 0) is 35.4 Å². The summed E-state index contributed by atoms with van der Waals surface area (Å²) >= 11 is 0. The molecule has 22 heavy (non-hydrogen) atoms. The maximum absolute atomic E-state index is 9.76. The van der Waals surface area contributed by atoms with E-state index in [1.54, 1.807) is 36.4 Å². The topological polar surface area (TPSA) is 103 Å². The Labute approximate surface area is 129 Å². The summed E-state index contributed by atoms with van der Waals surface area (Å²) in [5, 5.41) is 16.9. The second-order valence-electron chi connectivity index (χ2n) is 4.23. The minimum Gasteiger partial charge on any atom is -0.326 e. The van der Waals surface area contributed by atoms with E-state index in [-0.39, 0.29) is 0 Å². The third-order valence-electron chi connectivity index (χ3n) is 2.73. The van der Waals surface area contributed by atoms with Gasteiger partial charge in [-0.15, -0.1) is 0 Å². The maximum Gasteiger partial charge on any atom is 0.235 e. The van der Waals surface area contributed by atoms with Gasteiger partial charge in [0.05, 0.1) is 29.8 Å². The van der Waals surface area contributed by atoms with Crippen LogP contribution in [0.15, 0.2) is 53.5 Å². The third kappa shape index (κ3) is 5.81. The Balaban J connectivity index is 0.000000224. The molecule has 0 spiro atoms. The highest BCUT2D eigenvalue weighted by molar-refractivity contribution is 5.35. The summed E-state index contributed by atoms with van der Waals surface area (Å²) in [6.45, 7) is 0.862. The molecule has 0 heterocycles. The number of hydrogen-bond acceptors (Lipinski definition) is 5. The second kappa shape index (κ2) is 9.63. The second-order valence-corrected chi connectivity index (χ2v) is 4.23. The summed E-state index contributed by atoms with van der Waals surface area (Å²) in [4.78, 5) is 13.2. The number of nitrogens with two attached hydrogens (primary N) is 1. The summed E-state index contributed by atoms with van der Waals surface area (Å²) in [6.07, 6.45) is 1.45. The number of carbonyl (C=O) groups excluding carboxylic acids is 1. The van der Waals surface area contributed by atoms with Crippen LogP contribution in [0.5, 0.6) is 0 Å². The summed E-state index contributed by atoms with van der Waals surface area (Å²) in [5.74, 6) is 0. The molecule has 2 aromatic rings. The van der Waals surface area contributed by atoms with Gasteiger partial charge in [-0.2, -0.15) is 10.5 Å². The highest BCUT2D eigenvalue weighted by Crippen LogP contribution is 2.03. The Hall–Kier alpha value is -3.24. The quantitative estimate of drug-likeness (QED) is 0.692. The number of rotatable bonds is 3. The van der Waals surface area contributed by atoms with Crippen LogP contribution in [0.25, 0.3) is 0 Å². The highest BCUT2D eigenvalue weighted by atomic mass is 16.1. The van der Waals surface area contributed by atoms with E-state index < -0.39 is 0 Å². The molecule has 2 rings (SSSR count). The van der Waals surface area contributed by atoms with Crippen molar-refractivity contribution in [1.29, 1.82) is 10.5 Å². The Kier molecular flexibility index (Phi) is 7.36. The van der Waals surface area contributed by atoms with Crippen molar-refractivity contribution >= 4 is 6.08 Å². The van der Waals surface area contributed by atoms with Gasteiger partial charge in [0.2, 0.25) is 6.08 Å². The SMILES string of the molecule is N#Cc1ccc(CN)cc1.N#Cc1ccc(CN=C=O)cc1. The molecular weight excluding hydrogens is 276 g/mol. The number of nitriles is 2. The maximum atomic E-state index is 9.76. The minimum absolute atomic E-state index is 0.329. The van der Waals surface area contributed by atoms with E-state index in [1.807, 2.05) is 24.3 Å². The molecular formula is C17H14N4O.